The summed E-state index contributed by atoms with van der Waals surface area (Å²) in [6.07, 6.45) is -0.475. The molecule has 0 aliphatic carbocycles. The molecule has 0 amide bonds. The lowest BCUT2D eigenvalue weighted by atomic mass is 10.1. The monoisotopic (exact) mass is 251 g/mol. The number of nitrogens with zero attached hydrogens (tertiary/aromatic N) is 3. The van der Waals surface area contributed by atoms with Crippen molar-refractivity contribution in [3.05, 3.63) is 34.0 Å². The second kappa shape index (κ2) is 4.93. The molecule has 0 saturated heterocycles. The molecule has 1 aliphatic heterocycles. The van der Waals surface area contributed by atoms with Crippen molar-refractivity contribution in [1.82, 2.24) is 0 Å². The van der Waals surface area contributed by atoms with E-state index in [1.54, 1.807) is 0 Å². The molecule has 2 rings (SSSR count). The van der Waals surface area contributed by atoms with Crippen LogP contribution in [0.5, 0.6) is 11.5 Å². The fourth-order valence-electron chi connectivity index (χ4n) is 1.66. The number of ketones is 1. The van der Waals surface area contributed by atoms with Gasteiger partial charge in [0.1, 0.15) is 18.5 Å². The summed E-state index contributed by atoms with van der Waals surface area (Å²) in [5.41, 5.74) is 8.35. The van der Waals surface area contributed by atoms with E-state index in [4.69, 9.17) is 15.0 Å². The summed E-state index contributed by atoms with van der Waals surface area (Å²) in [5, 5.41) is 3.38. The maximum atomic E-state index is 13.3. The molecule has 0 bridgehead atoms. The van der Waals surface area contributed by atoms with Crippen LogP contribution in [-0.2, 0) is 0 Å². The quantitative estimate of drug-likeness (QED) is 0.358. The molecule has 0 saturated carbocycles. The number of carbonyl (C=O) groups excluding carboxylic acids is 1. The normalized spacial score (nSPS) is 16.9. The van der Waals surface area contributed by atoms with E-state index in [9.17, 15) is 9.18 Å². The summed E-state index contributed by atoms with van der Waals surface area (Å²) in [7, 11) is 0. The van der Waals surface area contributed by atoms with Gasteiger partial charge < -0.3 is 9.47 Å². The number of hydrogen-bond donors (Lipinski definition) is 0. The first-order valence-corrected chi connectivity index (χ1v) is 5.26. The van der Waals surface area contributed by atoms with Gasteiger partial charge >= 0.3 is 0 Å². The molecule has 0 radical (unpaired) electrons. The van der Waals surface area contributed by atoms with Gasteiger partial charge in [0.15, 0.2) is 17.3 Å². The zero-order valence-corrected chi connectivity index (χ0v) is 9.59. The number of rotatable bonds is 3. The lowest BCUT2D eigenvalue weighted by molar-refractivity contribution is 0.0895. The van der Waals surface area contributed by atoms with E-state index in [1.165, 1.54) is 6.92 Å². The van der Waals surface area contributed by atoms with Gasteiger partial charge in [-0.15, -0.1) is 0 Å². The van der Waals surface area contributed by atoms with Gasteiger partial charge in [-0.25, -0.2) is 4.39 Å². The summed E-state index contributed by atoms with van der Waals surface area (Å²) in [6.45, 7) is 1.55. The van der Waals surface area contributed by atoms with Crippen LogP contribution in [0.25, 0.3) is 10.4 Å². The topological polar surface area (TPSA) is 84.3 Å². The predicted octanol–water partition coefficient (Wildman–Crippen LogP) is 2.48. The highest BCUT2D eigenvalue weighted by Crippen LogP contribution is 2.36. The summed E-state index contributed by atoms with van der Waals surface area (Å²) in [5.74, 6) is -0.486. The van der Waals surface area contributed by atoms with Gasteiger partial charge in [-0.2, -0.15) is 0 Å². The van der Waals surface area contributed by atoms with Crippen LogP contribution in [0.4, 0.5) is 4.39 Å². The number of hydrogen-bond acceptors (Lipinski definition) is 4. The average molecular weight is 251 g/mol. The van der Waals surface area contributed by atoms with Crippen LogP contribution in [0.3, 0.4) is 0 Å². The lowest BCUT2D eigenvalue weighted by Gasteiger charge is -2.26. The van der Waals surface area contributed by atoms with Crippen molar-refractivity contribution in [3.8, 4) is 11.5 Å². The highest BCUT2D eigenvalue weighted by molar-refractivity contribution is 5.97. The smallest absolute Gasteiger partial charge is 0.172 e. The Morgan fingerprint density at radius 1 is 1.67 bits per heavy atom. The zero-order chi connectivity index (χ0) is 13.1. The highest BCUT2D eigenvalue weighted by atomic mass is 19.1. The van der Waals surface area contributed by atoms with Gasteiger partial charge in [0.2, 0.25) is 0 Å². The van der Waals surface area contributed by atoms with Crippen LogP contribution in [0, 0.1) is 5.82 Å². The van der Waals surface area contributed by atoms with Crippen molar-refractivity contribution in [2.75, 3.05) is 13.2 Å². The van der Waals surface area contributed by atoms with Crippen LogP contribution >= 0.6 is 0 Å². The molecule has 6 nitrogen and oxygen atoms in total. The first kappa shape index (κ1) is 12.2. The molecule has 0 spiro atoms. The summed E-state index contributed by atoms with van der Waals surface area (Å²) in [6, 6.07) is 2.26. The number of ether oxygens (including phenoxy) is 2. The Bertz CT molecular complexity index is 541. The van der Waals surface area contributed by atoms with Gasteiger partial charge in [0, 0.05) is 11.0 Å². The van der Waals surface area contributed by atoms with Crippen molar-refractivity contribution in [2.45, 2.75) is 13.0 Å². The van der Waals surface area contributed by atoms with E-state index < -0.39 is 11.9 Å². The molecule has 1 aromatic carbocycles. The molecule has 0 unspecified atom stereocenters. The molecule has 1 aromatic rings. The number of fused-ring (bicyclic) bond motifs is 1. The third-order valence-electron chi connectivity index (χ3n) is 2.46. The van der Waals surface area contributed by atoms with Gasteiger partial charge in [-0.05, 0) is 18.5 Å². The molecular formula is C11H10FN3O3. The van der Waals surface area contributed by atoms with E-state index in [-0.39, 0.29) is 36.0 Å². The Hall–Kier alpha value is -2.27. The Balaban J connectivity index is 2.35. The third kappa shape index (κ3) is 2.36. The number of Topliss-reactive ketones (excluding diaryl/α,β-unsaturated/α-hetero) is 1. The van der Waals surface area contributed by atoms with Crippen molar-refractivity contribution in [3.63, 3.8) is 0 Å². The Morgan fingerprint density at radius 2 is 2.44 bits per heavy atom. The number of benzene rings is 1. The van der Waals surface area contributed by atoms with Crippen LogP contribution in [0.1, 0.15) is 17.3 Å². The molecule has 94 valence electrons. The van der Waals surface area contributed by atoms with Crippen molar-refractivity contribution < 1.29 is 18.7 Å². The minimum Gasteiger partial charge on any atom is -0.486 e. The summed E-state index contributed by atoms with van der Waals surface area (Å²) >= 11 is 0. The van der Waals surface area contributed by atoms with Crippen LogP contribution in [0.15, 0.2) is 17.2 Å². The first-order chi connectivity index (χ1) is 8.61. The van der Waals surface area contributed by atoms with E-state index in [0.29, 0.717) is 0 Å². The summed E-state index contributed by atoms with van der Waals surface area (Å²) in [4.78, 5) is 14.0. The predicted molar refractivity (Wildman–Crippen MR) is 60.3 cm³/mol. The van der Waals surface area contributed by atoms with Gasteiger partial charge in [0.05, 0.1) is 12.1 Å². The Labute approximate surface area is 102 Å². The zero-order valence-electron chi connectivity index (χ0n) is 9.59. The Kier molecular flexibility index (Phi) is 3.34. The van der Waals surface area contributed by atoms with Crippen molar-refractivity contribution >= 4 is 5.78 Å². The molecule has 0 fully saturated rings. The molecule has 0 aromatic heterocycles. The molecular weight excluding hydrogens is 241 g/mol. The fraction of sp³-hybridized carbons (Fsp3) is 0.364. The van der Waals surface area contributed by atoms with Crippen molar-refractivity contribution in [1.29, 1.82) is 0 Å². The molecule has 1 heterocycles. The standard InChI is InChI=1S/C11H10FN3O3/c1-6(16)9-2-7(12)3-10-11(9)18-8(5-17-10)4-14-15-13/h2-3,8H,4-5H2,1H3/t8-/m1/s1. The number of carbonyl (C=O) groups is 1. The number of halogens is 1. The summed E-state index contributed by atoms with van der Waals surface area (Å²) < 4.78 is 24.1. The number of azide groups is 1. The largest absolute Gasteiger partial charge is 0.486 e. The SMILES string of the molecule is CC(=O)c1cc(F)cc2c1O[C@H](CN=[N+]=[N-])CO2. The van der Waals surface area contributed by atoms with E-state index in [1.807, 2.05) is 0 Å². The van der Waals surface area contributed by atoms with Gasteiger partial charge in [-0.1, -0.05) is 5.11 Å². The van der Waals surface area contributed by atoms with E-state index in [2.05, 4.69) is 10.0 Å². The maximum absolute atomic E-state index is 13.3. The van der Waals surface area contributed by atoms with Gasteiger partial charge in [-0.3, -0.25) is 4.79 Å². The van der Waals surface area contributed by atoms with Crippen LogP contribution in [0.2, 0.25) is 0 Å². The lowest BCUT2D eigenvalue weighted by Crippen LogP contribution is -2.32. The molecule has 0 N–H and O–H groups in total. The minimum atomic E-state index is -0.559. The van der Waals surface area contributed by atoms with Crippen LogP contribution < -0.4 is 9.47 Å². The maximum Gasteiger partial charge on any atom is 0.172 e. The minimum absolute atomic E-state index is 0.0880. The second-order valence-electron chi connectivity index (χ2n) is 3.80. The second-order valence-corrected chi connectivity index (χ2v) is 3.80. The molecule has 18 heavy (non-hydrogen) atoms. The van der Waals surface area contributed by atoms with E-state index >= 15 is 0 Å². The van der Waals surface area contributed by atoms with Gasteiger partial charge in [0.25, 0.3) is 0 Å². The fourth-order valence-corrected chi connectivity index (χ4v) is 1.66. The van der Waals surface area contributed by atoms with E-state index in [0.717, 1.165) is 12.1 Å². The molecule has 7 heteroatoms. The molecule has 1 aliphatic rings. The molecule has 1 atom stereocenters. The average Bonchev–Trinajstić information content (AvgIpc) is 2.35. The van der Waals surface area contributed by atoms with Crippen molar-refractivity contribution in [2.24, 2.45) is 5.11 Å². The third-order valence-corrected chi connectivity index (χ3v) is 2.46. The Morgan fingerprint density at radius 3 is 3.11 bits per heavy atom. The van der Waals surface area contributed by atoms with Crippen LogP contribution in [-0.4, -0.2) is 25.0 Å². The highest BCUT2D eigenvalue weighted by Gasteiger charge is 2.25. The first-order valence-electron chi connectivity index (χ1n) is 5.26.